The molecule has 0 aromatic carbocycles. The highest BCUT2D eigenvalue weighted by molar-refractivity contribution is 4.83. The molecule has 2 nitrogen and oxygen atoms in total. The molecule has 0 aliphatic heterocycles. The Balaban J connectivity index is 1.80. The first-order chi connectivity index (χ1) is 6.62. The third kappa shape index (κ3) is 2.29. The second kappa shape index (κ2) is 3.82. The van der Waals surface area contributed by atoms with Crippen LogP contribution >= 0.6 is 0 Å². The third-order valence-electron chi connectivity index (χ3n) is 3.77. The van der Waals surface area contributed by atoms with Gasteiger partial charge in [0.15, 0.2) is 0 Å². The molecular weight excluding hydrogens is 176 g/mol. The molecule has 0 N–H and O–H groups in total. The van der Waals surface area contributed by atoms with Crippen LogP contribution in [0.2, 0.25) is 0 Å². The quantitative estimate of drug-likeness (QED) is 0.509. The van der Waals surface area contributed by atoms with Gasteiger partial charge in [0.05, 0.1) is 0 Å². The summed E-state index contributed by atoms with van der Waals surface area (Å²) in [4.78, 5) is 11.4. The fourth-order valence-electron chi connectivity index (χ4n) is 2.61. The van der Waals surface area contributed by atoms with Crippen LogP contribution in [0.1, 0.15) is 65.2 Å². The second-order valence-electron chi connectivity index (χ2n) is 5.48. The lowest BCUT2D eigenvalue weighted by molar-refractivity contribution is -0.405. The maximum absolute atomic E-state index is 5.68. The van der Waals surface area contributed by atoms with Crippen LogP contribution < -0.4 is 0 Å². The molecule has 0 heterocycles. The first kappa shape index (κ1) is 10.4. The van der Waals surface area contributed by atoms with E-state index in [4.69, 9.17) is 9.78 Å². The maximum atomic E-state index is 5.68. The second-order valence-corrected chi connectivity index (χ2v) is 5.48. The molecule has 2 aliphatic rings. The predicted molar refractivity (Wildman–Crippen MR) is 55.9 cm³/mol. The highest BCUT2D eigenvalue weighted by Gasteiger charge is 2.36. The van der Waals surface area contributed by atoms with Gasteiger partial charge < -0.3 is 0 Å². The molecule has 0 aromatic heterocycles. The first-order valence-electron chi connectivity index (χ1n) is 5.99. The Morgan fingerprint density at radius 2 is 0.929 bits per heavy atom. The molecule has 0 saturated heterocycles. The minimum atomic E-state index is 0.00556. The smallest absolute Gasteiger partial charge is 0.101 e. The van der Waals surface area contributed by atoms with Gasteiger partial charge in [-0.3, -0.25) is 0 Å². The van der Waals surface area contributed by atoms with E-state index >= 15 is 0 Å². The van der Waals surface area contributed by atoms with Gasteiger partial charge in [-0.2, -0.15) is 0 Å². The van der Waals surface area contributed by atoms with Crippen LogP contribution in [0.4, 0.5) is 0 Å². The zero-order chi connectivity index (χ0) is 10.1. The molecular formula is C12H22O2. The summed E-state index contributed by atoms with van der Waals surface area (Å²) >= 11 is 0. The van der Waals surface area contributed by atoms with Crippen LogP contribution in [0.15, 0.2) is 0 Å². The zero-order valence-electron chi connectivity index (χ0n) is 9.47. The van der Waals surface area contributed by atoms with Gasteiger partial charge in [0.2, 0.25) is 0 Å². The molecule has 2 fully saturated rings. The van der Waals surface area contributed by atoms with Crippen molar-refractivity contribution in [2.75, 3.05) is 0 Å². The normalized spacial score (nSPS) is 29.6. The van der Waals surface area contributed by atoms with Crippen molar-refractivity contribution < 1.29 is 9.78 Å². The Labute approximate surface area is 86.9 Å². The average Bonchev–Trinajstić information content (AvgIpc) is 2.74. The fourth-order valence-corrected chi connectivity index (χ4v) is 2.61. The zero-order valence-corrected chi connectivity index (χ0v) is 9.47. The SMILES string of the molecule is CC1(OOC2(C)CCCC2)CCCC1. The molecule has 0 radical (unpaired) electrons. The molecule has 0 aromatic rings. The molecule has 0 unspecified atom stereocenters. The van der Waals surface area contributed by atoms with Crippen molar-refractivity contribution in [1.82, 2.24) is 0 Å². The molecule has 82 valence electrons. The Hall–Kier alpha value is -0.0800. The van der Waals surface area contributed by atoms with Gasteiger partial charge in [-0.05, 0) is 39.5 Å². The van der Waals surface area contributed by atoms with E-state index in [0.717, 1.165) is 25.7 Å². The van der Waals surface area contributed by atoms with Crippen molar-refractivity contribution in [3.8, 4) is 0 Å². The van der Waals surface area contributed by atoms with Gasteiger partial charge in [-0.25, -0.2) is 9.78 Å². The van der Waals surface area contributed by atoms with Crippen molar-refractivity contribution in [2.24, 2.45) is 0 Å². The lowest BCUT2D eigenvalue weighted by Crippen LogP contribution is -2.32. The van der Waals surface area contributed by atoms with E-state index < -0.39 is 0 Å². The van der Waals surface area contributed by atoms with Crippen LogP contribution in [0.25, 0.3) is 0 Å². The van der Waals surface area contributed by atoms with Gasteiger partial charge in [-0.1, -0.05) is 25.7 Å². The van der Waals surface area contributed by atoms with E-state index in [2.05, 4.69) is 13.8 Å². The summed E-state index contributed by atoms with van der Waals surface area (Å²) in [5, 5.41) is 0. The van der Waals surface area contributed by atoms with E-state index in [0.29, 0.717) is 0 Å². The summed E-state index contributed by atoms with van der Waals surface area (Å²) in [6.07, 6.45) is 9.78. The lowest BCUT2D eigenvalue weighted by Gasteiger charge is -2.29. The third-order valence-corrected chi connectivity index (χ3v) is 3.77. The van der Waals surface area contributed by atoms with Crippen molar-refractivity contribution in [2.45, 2.75) is 76.4 Å². The van der Waals surface area contributed by atoms with Crippen LogP contribution in [0.3, 0.4) is 0 Å². The standard InChI is InChI=1S/C12H22O2/c1-11(7-3-4-8-11)13-14-12(2)9-5-6-10-12/h3-10H2,1-2H3. The van der Waals surface area contributed by atoms with E-state index in [1.54, 1.807) is 0 Å². The molecule has 14 heavy (non-hydrogen) atoms. The molecule has 2 aliphatic carbocycles. The van der Waals surface area contributed by atoms with Gasteiger partial charge in [0, 0.05) is 0 Å². The lowest BCUT2D eigenvalue weighted by atomic mass is 10.1. The summed E-state index contributed by atoms with van der Waals surface area (Å²) in [5.74, 6) is 0. The highest BCUT2D eigenvalue weighted by Crippen LogP contribution is 2.38. The highest BCUT2D eigenvalue weighted by atomic mass is 17.2. The van der Waals surface area contributed by atoms with E-state index in [1.807, 2.05) is 0 Å². The van der Waals surface area contributed by atoms with Gasteiger partial charge >= 0.3 is 0 Å². The van der Waals surface area contributed by atoms with Gasteiger partial charge in [0.25, 0.3) is 0 Å². The van der Waals surface area contributed by atoms with Gasteiger partial charge in [0.1, 0.15) is 11.2 Å². The first-order valence-corrected chi connectivity index (χ1v) is 5.99. The Morgan fingerprint density at radius 1 is 0.643 bits per heavy atom. The summed E-state index contributed by atoms with van der Waals surface area (Å²) in [5.41, 5.74) is 0.0111. The molecule has 2 heteroatoms. The Bertz CT molecular complexity index is 166. The molecule has 0 bridgehead atoms. The molecule has 0 spiro atoms. The summed E-state index contributed by atoms with van der Waals surface area (Å²) in [6, 6.07) is 0. The fraction of sp³-hybridized carbons (Fsp3) is 1.00. The van der Waals surface area contributed by atoms with Gasteiger partial charge in [-0.15, -0.1) is 0 Å². The summed E-state index contributed by atoms with van der Waals surface area (Å²) in [6.45, 7) is 4.36. The molecule has 2 rings (SSSR count). The molecule has 0 atom stereocenters. The van der Waals surface area contributed by atoms with E-state index in [9.17, 15) is 0 Å². The Morgan fingerprint density at radius 3 is 1.21 bits per heavy atom. The maximum Gasteiger partial charge on any atom is 0.101 e. The van der Waals surface area contributed by atoms with Crippen molar-refractivity contribution >= 4 is 0 Å². The topological polar surface area (TPSA) is 18.5 Å². The predicted octanol–water partition coefficient (Wildman–Crippen LogP) is 3.60. The minimum absolute atomic E-state index is 0.00556. The van der Waals surface area contributed by atoms with Crippen molar-refractivity contribution in [3.63, 3.8) is 0 Å². The Kier molecular flexibility index (Phi) is 2.85. The summed E-state index contributed by atoms with van der Waals surface area (Å²) < 4.78 is 0. The van der Waals surface area contributed by atoms with Crippen molar-refractivity contribution in [1.29, 1.82) is 0 Å². The number of rotatable bonds is 3. The molecule has 2 saturated carbocycles. The largest absolute Gasteiger partial charge is 0.230 e. The average molecular weight is 198 g/mol. The van der Waals surface area contributed by atoms with Crippen molar-refractivity contribution in [3.05, 3.63) is 0 Å². The number of hydrogen-bond donors (Lipinski definition) is 0. The summed E-state index contributed by atoms with van der Waals surface area (Å²) in [7, 11) is 0. The number of hydrogen-bond acceptors (Lipinski definition) is 2. The van der Waals surface area contributed by atoms with Crippen LogP contribution in [-0.2, 0) is 9.78 Å². The monoisotopic (exact) mass is 198 g/mol. The van der Waals surface area contributed by atoms with Crippen LogP contribution in [-0.4, -0.2) is 11.2 Å². The van der Waals surface area contributed by atoms with E-state index in [1.165, 1.54) is 25.7 Å². The molecule has 0 amide bonds. The van der Waals surface area contributed by atoms with Crippen LogP contribution in [0.5, 0.6) is 0 Å². The van der Waals surface area contributed by atoms with E-state index in [-0.39, 0.29) is 11.2 Å². The minimum Gasteiger partial charge on any atom is -0.230 e. The van der Waals surface area contributed by atoms with Crippen LogP contribution in [0, 0.1) is 0 Å².